The normalized spacial score (nSPS) is 14.2. The molecule has 1 N–H and O–H groups in total. The lowest BCUT2D eigenvalue weighted by Crippen LogP contribution is -2.53. The Morgan fingerprint density at radius 3 is 2.30 bits per heavy atom. The molecule has 0 saturated heterocycles. The van der Waals surface area contributed by atoms with Crippen molar-refractivity contribution in [1.29, 1.82) is 0 Å². The Morgan fingerprint density at radius 1 is 0.892 bits per heavy atom. The third-order valence-corrected chi connectivity index (χ3v) is 7.09. The van der Waals surface area contributed by atoms with Gasteiger partial charge in [0.15, 0.2) is 6.61 Å². The van der Waals surface area contributed by atoms with Crippen LogP contribution in [0.5, 0.6) is 5.75 Å². The lowest BCUT2D eigenvalue weighted by Gasteiger charge is -2.32. The maximum atomic E-state index is 13.8. The molecular weight excluding hydrogens is 460 g/mol. The molecule has 0 spiro atoms. The van der Waals surface area contributed by atoms with Gasteiger partial charge in [0.25, 0.3) is 5.91 Å². The zero-order chi connectivity index (χ0) is 26.2. The summed E-state index contributed by atoms with van der Waals surface area (Å²) in [6, 6.07) is 23.5. The van der Waals surface area contributed by atoms with Crippen LogP contribution in [0.1, 0.15) is 53.5 Å². The number of amides is 2. The minimum absolute atomic E-state index is 0.0942. The Morgan fingerprint density at radius 2 is 1.59 bits per heavy atom. The summed E-state index contributed by atoms with van der Waals surface area (Å²) in [5.41, 5.74) is 5.26. The van der Waals surface area contributed by atoms with E-state index >= 15 is 0 Å². The topological polar surface area (TPSA) is 58.6 Å². The van der Waals surface area contributed by atoms with Crippen molar-refractivity contribution in [2.75, 3.05) is 6.61 Å². The number of nitrogens with zero attached hydrogens (tertiary/aromatic N) is 1. The van der Waals surface area contributed by atoms with Gasteiger partial charge >= 0.3 is 0 Å². The van der Waals surface area contributed by atoms with Gasteiger partial charge in [-0.15, -0.1) is 0 Å². The summed E-state index contributed by atoms with van der Waals surface area (Å²) in [5.74, 6) is 0.386. The van der Waals surface area contributed by atoms with E-state index in [1.54, 1.807) is 4.90 Å². The first-order valence-electron chi connectivity index (χ1n) is 13.3. The molecule has 1 unspecified atom stereocenters. The first-order chi connectivity index (χ1) is 17.9. The van der Waals surface area contributed by atoms with E-state index in [1.807, 2.05) is 87.5 Å². The second-order valence-electron chi connectivity index (χ2n) is 10.3. The molecule has 2 amide bonds. The van der Waals surface area contributed by atoms with E-state index in [1.165, 1.54) is 0 Å². The van der Waals surface area contributed by atoms with Gasteiger partial charge in [-0.05, 0) is 56.4 Å². The van der Waals surface area contributed by atoms with Crippen molar-refractivity contribution in [3.8, 4) is 5.75 Å². The molecule has 1 atom stereocenters. The highest BCUT2D eigenvalue weighted by Gasteiger charge is 2.32. The van der Waals surface area contributed by atoms with Crippen LogP contribution in [0.3, 0.4) is 0 Å². The van der Waals surface area contributed by atoms with Crippen molar-refractivity contribution in [3.63, 3.8) is 0 Å². The van der Waals surface area contributed by atoms with Crippen LogP contribution >= 0.6 is 0 Å². The fourth-order valence-corrected chi connectivity index (χ4v) is 5.11. The molecule has 3 aromatic carbocycles. The van der Waals surface area contributed by atoms with Crippen molar-refractivity contribution >= 4 is 11.8 Å². The van der Waals surface area contributed by atoms with Crippen LogP contribution in [-0.4, -0.2) is 35.4 Å². The molecule has 3 aromatic rings. The zero-order valence-corrected chi connectivity index (χ0v) is 22.2. The number of aryl methyl sites for hydroxylation is 3. The smallest absolute Gasteiger partial charge is 0.261 e. The van der Waals surface area contributed by atoms with E-state index in [-0.39, 0.29) is 24.5 Å². The Kier molecular flexibility index (Phi) is 8.99. The van der Waals surface area contributed by atoms with Crippen LogP contribution in [0, 0.1) is 20.8 Å². The van der Waals surface area contributed by atoms with Crippen molar-refractivity contribution in [1.82, 2.24) is 10.2 Å². The summed E-state index contributed by atoms with van der Waals surface area (Å²) in [6.07, 6.45) is 4.69. The molecule has 1 aliphatic rings. The number of benzene rings is 3. The fraction of sp³-hybridized carbons (Fsp3) is 0.375. The number of ether oxygens (including phenoxy) is 1. The Labute approximate surface area is 220 Å². The number of carbonyl (C=O) groups is 2. The van der Waals surface area contributed by atoms with Crippen LogP contribution in [-0.2, 0) is 22.6 Å². The number of hydrogen-bond acceptors (Lipinski definition) is 3. The molecule has 5 nitrogen and oxygen atoms in total. The SMILES string of the molecule is Cc1cccc(CN(C(=O)COc2ccc(C)cc2C)C(Cc2ccccc2)C(=O)NC2CCCC2)c1. The third-order valence-electron chi connectivity index (χ3n) is 7.09. The van der Waals surface area contributed by atoms with E-state index in [0.29, 0.717) is 18.7 Å². The average Bonchev–Trinajstić information content (AvgIpc) is 3.39. The van der Waals surface area contributed by atoms with Gasteiger partial charge in [0.05, 0.1) is 0 Å². The molecule has 1 saturated carbocycles. The number of hydrogen-bond donors (Lipinski definition) is 1. The van der Waals surface area contributed by atoms with Crippen LogP contribution < -0.4 is 10.1 Å². The van der Waals surface area contributed by atoms with Gasteiger partial charge in [-0.1, -0.05) is 90.7 Å². The van der Waals surface area contributed by atoms with Crippen molar-refractivity contribution in [2.24, 2.45) is 0 Å². The highest BCUT2D eigenvalue weighted by molar-refractivity contribution is 5.88. The minimum atomic E-state index is -0.640. The van der Waals surface area contributed by atoms with Crippen LogP contribution in [0.2, 0.25) is 0 Å². The van der Waals surface area contributed by atoms with E-state index in [9.17, 15) is 9.59 Å². The van der Waals surface area contributed by atoms with Gasteiger partial charge in [0.1, 0.15) is 11.8 Å². The zero-order valence-electron chi connectivity index (χ0n) is 22.2. The van der Waals surface area contributed by atoms with Crippen LogP contribution in [0.4, 0.5) is 0 Å². The molecule has 5 heteroatoms. The van der Waals surface area contributed by atoms with E-state index in [4.69, 9.17) is 4.74 Å². The van der Waals surface area contributed by atoms with Crippen LogP contribution in [0.15, 0.2) is 72.8 Å². The van der Waals surface area contributed by atoms with Gasteiger partial charge in [0, 0.05) is 19.0 Å². The first-order valence-corrected chi connectivity index (χ1v) is 13.3. The molecular formula is C32H38N2O3. The summed E-state index contributed by atoms with van der Waals surface area (Å²) in [7, 11) is 0. The minimum Gasteiger partial charge on any atom is -0.483 e. The summed E-state index contributed by atoms with van der Waals surface area (Å²) < 4.78 is 5.99. The molecule has 4 rings (SSSR count). The monoisotopic (exact) mass is 498 g/mol. The van der Waals surface area contributed by atoms with Gasteiger partial charge in [-0.3, -0.25) is 9.59 Å². The second kappa shape index (κ2) is 12.6. The largest absolute Gasteiger partial charge is 0.483 e. The average molecular weight is 499 g/mol. The number of nitrogens with one attached hydrogen (secondary N) is 1. The molecule has 0 heterocycles. The van der Waals surface area contributed by atoms with Gasteiger partial charge < -0.3 is 15.0 Å². The molecule has 194 valence electrons. The molecule has 1 fully saturated rings. The highest BCUT2D eigenvalue weighted by Crippen LogP contribution is 2.22. The van der Waals surface area contributed by atoms with Gasteiger partial charge in [-0.2, -0.15) is 0 Å². The number of rotatable bonds is 10. The lowest BCUT2D eigenvalue weighted by molar-refractivity contribution is -0.143. The van der Waals surface area contributed by atoms with Crippen molar-refractivity contribution < 1.29 is 14.3 Å². The molecule has 0 aliphatic heterocycles. The van der Waals surface area contributed by atoms with Crippen LogP contribution in [0.25, 0.3) is 0 Å². The molecule has 0 radical (unpaired) electrons. The third kappa shape index (κ3) is 7.45. The Hall–Kier alpha value is -3.60. The Balaban J connectivity index is 1.62. The maximum absolute atomic E-state index is 13.8. The summed E-state index contributed by atoms with van der Waals surface area (Å²) in [5, 5.41) is 3.25. The summed E-state index contributed by atoms with van der Waals surface area (Å²) in [4.78, 5) is 29.2. The van der Waals surface area contributed by atoms with Gasteiger partial charge in [-0.25, -0.2) is 0 Å². The molecule has 0 bridgehead atoms. The number of carbonyl (C=O) groups excluding carboxylic acids is 2. The lowest BCUT2D eigenvalue weighted by atomic mass is 10.0. The summed E-state index contributed by atoms with van der Waals surface area (Å²) >= 11 is 0. The van der Waals surface area contributed by atoms with E-state index in [2.05, 4.69) is 11.4 Å². The van der Waals surface area contributed by atoms with Crippen molar-refractivity contribution in [2.45, 2.75) is 71.5 Å². The molecule has 1 aliphatic carbocycles. The predicted molar refractivity (Wildman–Crippen MR) is 147 cm³/mol. The molecule has 0 aromatic heterocycles. The summed E-state index contributed by atoms with van der Waals surface area (Å²) in [6.45, 7) is 6.25. The Bertz CT molecular complexity index is 1200. The first kappa shape index (κ1) is 26.5. The fourth-order valence-electron chi connectivity index (χ4n) is 5.11. The van der Waals surface area contributed by atoms with Gasteiger partial charge in [0.2, 0.25) is 5.91 Å². The van der Waals surface area contributed by atoms with Crippen molar-refractivity contribution in [3.05, 3.63) is 101 Å². The highest BCUT2D eigenvalue weighted by atomic mass is 16.5. The molecule has 37 heavy (non-hydrogen) atoms. The predicted octanol–water partition coefficient (Wildman–Crippen LogP) is 5.69. The van der Waals surface area contributed by atoms with E-state index in [0.717, 1.165) is 53.5 Å². The second-order valence-corrected chi connectivity index (χ2v) is 10.3. The standard InChI is InChI=1S/C32H38N2O3/c1-23-10-9-13-27(19-23)21-34(31(35)22-37-30-17-16-24(2)18-25(30)3)29(20-26-11-5-4-6-12-26)32(36)33-28-14-7-8-15-28/h4-6,9-13,16-19,28-29H,7-8,14-15,20-22H2,1-3H3,(H,33,36). The van der Waals surface area contributed by atoms with E-state index < -0.39 is 6.04 Å². The quantitative estimate of drug-likeness (QED) is 0.391. The maximum Gasteiger partial charge on any atom is 0.261 e.